The van der Waals surface area contributed by atoms with Crippen LogP contribution in [0.1, 0.15) is 32.1 Å². The first-order valence-electron chi connectivity index (χ1n) is 4.96. The Hall–Kier alpha value is -1.14. The number of carbonyl (C=O) groups is 2. The molecule has 16 heavy (non-hydrogen) atoms. The number of aliphatic hydroxyl groups is 2. The first kappa shape index (κ1) is 17.3. The van der Waals surface area contributed by atoms with Crippen LogP contribution in [0.4, 0.5) is 0 Å². The van der Waals surface area contributed by atoms with E-state index in [0.29, 0.717) is 12.8 Å². The Balaban J connectivity index is 0. The molecule has 1 aliphatic rings. The van der Waals surface area contributed by atoms with E-state index in [2.05, 4.69) is 0 Å². The third-order valence-corrected chi connectivity index (χ3v) is 2.53. The summed E-state index contributed by atoms with van der Waals surface area (Å²) in [6.45, 7) is 0. The van der Waals surface area contributed by atoms with Gasteiger partial charge in [-0.15, -0.1) is 0 Å². The third kappa shape index (κ3) is 4.16. The van der Waals surface area contributed by atoms with E-state index in [1.165, 1.54) is 0 Å². The maximum Gasteiger partial charge on any atom is 0.321 e. The Morgan fingerprint density at radius 3 is 1.31 bits per heavy atom. The lowest BCUT2D eigenvalue weighted by Crippen LogP contribution is -2.40. The van der Waals surface area contributed by atoms with E-state index in [1.54, 1.807) is 0 Å². The predicted octanol–water partition coefficient (Wildman–Crippen LogP) is 0.323. The topological polar surface area (TPSA) is 115 Å². The van der Waals surface area contributed by atoms with Crippen LogP contribution in [0.2, 0.25) is 0 Å². The minimum absolute atomic E-state index is 0.275. The number of carboxylic acids is 2. The van der Waals surface area contributed by atoms with Gasteiger partial charge in [-0.3, -0.25) is 9.59 Å². The SMILES string of the molecule is CO.CO.O=C(O)C1(C(=O)O)CCCCC1. The molecule has 1 aliphatic carbocycles. The molecule has 6 nitrogen and oxygen atoms in total. The summed E-state index contributed by atoms with van der Waals surface area (Å²) in [5.41, 5.74) is -1.49. The highest BCUT2D eigenvalue weighted by Gasteiger charge is 2.46. The minimum Gasteiger partial charge on any atom is -0.480 e. The Morgan fingerprint density at radius 1 is 0.812 bits per heavy atom. The van der Waals surface area contributed by atoms with Gasteiger partial charge in [0, 0.05) is 14.2 Å². The fourth-order valence-corrected chi connectivity index (χ4v) is 1.67. The summed E-state index contributed by atoms with van der Waals surface area (Å²) in [5, 5.41) is 31.6. The van der Waals surface area contributed by atoms with E-state index < -0.39 is 17.4 Å². The monoisotopic (exact) mass is 236 g/mol. The summed E-state index contributed by atoms with van der Waals surface area (Å²) in [6.07, 6.45) is 2.91. The van der Waals surface area contributed by atoms with Gasteiger partial charge in [-0.05, 0) is 12.8 Å². The number of rotatable bonds is 2. The van der Waals surface area contributed by atoms with Crippen molar-refractivity contribution < 1.29 is 30.0 Å². The van der Waals surface area contributed by atoms with Crippen LogP contribution in [-0.2, 0) is 9.59 Å². The zero-order valence-electron chi connectivity index (χ0n) is 9.64. The van der Waals surface area contributed by atoms with Gasteiger partial charge in [-0.2, -0.15) is 0 Å². The summed E-state index contributed by atoms with van der Waals surface area (Å²) in [7, 11) is 2.00. The molecule has 96 valence electrons. The van der Waals surface area contributed by atoms with E-state index in [4.69, 9.17) is 20.4 Å². The van der Waals surface area contributed by atoms with Gasteiger partial charge in [-0.25, -0.2) is 0 Å². The maximum absolute atomic E-state index is 10.7. The van der Waals surface area contributed by atoms with Gasteiger partial charge in [0.25, 0.3) is 0 Å². The van der Waals surface area contributed by atoms with Crippen molar-refractivity contribution in [2.75, 3.05) is 14.2 Å². The molecule has 0 bridgehead atoms. The molecular weight excluding hydrogens is 216 g/mol. The molecule has 1 saturated carbocycles. The fourth-order valence-electron chi connectivity index (χ4n) is 1.67. The summed E-state index contributed by atoms with van der Waals surface area (Å²) in [6, 6.07) is 0. The highest BCUT2D eigenvalue weighted by Crippen LogP contribution is 2.36. The quantitative estimate of drug-likeness (QED) is 0.513. The lowest BCUT2D eigenvalue weighted by molar-refractivity contribution is -0.167. The number of carboxylic acid groups (broad SMARTS) is 2. The molecule has 0 unspecified atom stereocenters. The zero-order chi connectivity index (χ0) is 13.2. The first-order valence-corrected chi connectivity index (χ1v) is 4.96. The van der Waals surface area contributed by atoms with Gasteiger partial charge in [0.2, 0.25) is 0 Å². The molecule has 0 heterocycles. The molecule has 4 N–H and O–H groups in total. The molecule has 0 atom stereocenters. The standard InChI is InChI=1S/C8H12O4.2CH4O/c9-6(10)8(7(11)12)4-2-1-3-5-8;2*1-2/h1-5H2,(H,9,10)(H,11,12);2*2H,1H3. The molecule has 1 rings (SSSR count). The van der Waals surface area contributed by atoms with Crippen molar-refractivity contribution in [1.82, 2.24) is 0 Å². The van der Waals surface area contributed by atoms with Gasteiger partial charge in [-0.1, -0.05) is 19.3 Å². The molecule has 0 spiro atoms. The van der Waals surface area contributed by atoms with Crippen LogP contribution in [-0.4, -0.2) is 46.6 Å². The Bertz CT molecular complexity index is 191. The molecule has 0 aromatic rings. The first-order chi connectivity index (χ1) is 7.59. The Labute approximate surface area is 94.5 Å². The summed E-state index contributed by atoms with van der Waals surface area (Å²) in [4.78, 5) is 21.5. The Kier molecular flexibility index (Phi) is 9.83. The van der Waals surface area contributed by atoms with Gasteiger partial charge < -0.3 is 20.4 Å². The largest absolute Gasteiger partial charge is 0.480 e. The summed E-state index contributed by atoms with van der Waals surface area (Å²) >= 11 is 0. The number of hydrogen-bond acceptors (Lipinski definition) is 4. The number of aliphatic hydroxyl groups excluding tert-OH is 2. The smallest absolute Gasteiger partial charge is 0.321 e. The van der Waals surface area contributed by atoms with Crippen molar-refractivity contribution >= 4 is 11.9 Å². The molecule has 1 fully saturated rings. The molecule has 0 amide bonds. The average Bonchev–Trinajstić information content (AvgIpc) is 2.34. The highest BCUT2D eigenvalue weighted by molar-refractivity contribution is 5.98. The molecule has 0 aromatic heterocycles. The van der Waals surface area contributed by atoms with E-state index in [1.807, 2.05) is 0 Å². The number of hydrogen-bond donors (Lipinski definition) is 4. The van der Waals surface area contributed by atoms with Crippen LogP contribution in [0.15, 0.2) is 0 Å². The second kappa shape index (κ2) is 9.11. The summed E-state index contributed by atoms with van der Waals surface area (Å²) in [5.74, 6) is -2.37. The van der Waals surface area contributed by atoms with Crippen molar-refractivity contribution in [3.63, 3.8) is 0 Å². The van der Waals surface area contributed by atoms with Crippen molar-refractivity contribution in [3.05, 3.63) is 0 Å². The lowest BCUT2D eigenvalue weighted by Gasteiger charge is -2.28. The van der Waals surface area contributed by atoms with Gasteiger partial charge in [0.05, 0.1) is 0 Å². The van der Waals surface area contributed by atoms with Gasteiger partial charge >= 0.3 is 11.9 Å². The highest BCUT2D eigenvalue weighted by atomic mass is 16.4. The van der Waals surface area contributed by atoms with Crippen LogP contribution >= 0.6 is 0 Å². The molecular formula is C10H20O6. The maximum atomic E-state index is 10.7. The molecule has 6 heteroatoms. The van der Waals surface area contributed by atoms with Crippen LogP contribution in [0, 0.1) is 5.41 Å². The molecule has 0 aliphatic heterocycles. The zero-order valence-corrected chi connectivity index (χ0v) is 9.64. The van der Waals surface area contributed by atoms with Gasteiger partial charge in [0.15, 0.2) is 5.41 Å². The van der Waals surface area contributed by atoms with Crippen molar-refractivity contribution in [2.45, 2.75) is 32.1 Å². The molecule has 0 aromatic carbocycles. The normalized spacial score (nSPS) is 17.0. The second-order valence-electron chi connectivity index (χ2n) is 3.25. The molecule has 0 radical (unpaired) electrons. The van der Waals surface area contributed by atoms with Gasteiger partial charge in [0.1, 0.15) is 0 Å². The van der Waals surface area contributed by atoms with Crippen molar-refractivity contribution in [3.8, 4) is 0 Å². The van der Waals surface area contributed by atoms with Crippen molar-refractivity contribution in [2.24, 2.45) is 5.41 Å². The van der Waals surface area contributed by atoms with Crippen LogP contribution in [0.5, 0.6) is 0 Å². The van der Waals surface area contributed by atoms with E-state index in [0.717, 1.165) is 20.6 Å². The minimum atomic E-state index is -1.49. The number of aliphatic carboxylic acids is 2. The van der Waals surface area contributed by atoms with E-state index in [9.17, 15) is 9.59 Å². The van der Waals surface area contributed by atoms with E-state index >= 15 is 0 Å². The van der Waals surface area contributed by atoms with Crippen LogP contribution in [0.25, 0.3) is 0 Å². The fraction of sp³-hybridized carbons (Fsp3) is 0.800. The Morgan fingerprint density at radius 2 is 1.12 bits per heavy atom. The van der Waals surface area contributed by atoms with Crippen LogP contribution in [0.3, 0.4) is 0 Å². The van der Waals surface area contributed by atoms with Crippen molar-refractivity contribution in [1.29, 1.82) is 0 Å². The average molecular weight is 236 g/mol. The lowest BCUT2D eigenvalue weighted by atomic mass is 9.74. The summed E-state index contributed by atoms with van der Waals surface area (Å²) < 4.78 is 0. The predicted molar refractivity (Wildman–Crippen MR) is 57.1 cm³/mol. The molecule has 0 saturated heterocycles. The third-order valence-electron chi connectivity index (χ3n) is 2.53. The van der Waals surface area contributed by atoms with Crippen LogP contribution < -0.4 is 0 Å². The second-order valence-corrected chi connectivity index (χ2v) is 3.25. The van der Waals surface area contributed by atoms with E-state index in [-0.39, 0.29) is 12.8 Å².